The quantitative estimate of drug-likeness (QED) is 0.818. The number of rotatable bonds is 6. The number of carboxylic acids is 1. The molecule has 1 aromatic carbocycles. The molecule has 1 unspecified atom stereocenters. The van der Waals surface area contributed by atoms with Crippen LogP contribution in [-0.4, -0.2) is 37.7 Å². The van der Waals surface area contributed by atoms with Crippen molar-refractivity contribution in [3.63, 3.8) is 0 Å². The van der Waals surface area contributed by atoms with Crippen molar-refractivity contribution in [3.05, 3.63) is 29.8 Å². The number of benzene rings is 1. The van der Waals surface area contributed by atoms with Gasteiger partial charge in [0.15, 0.2) is 0 Å². The highest BCUT2D eigenvalue weighted by molar-refractivity contribution is 5.71. The highest BCUT2D eigenvalue weighted by atomic mass is 16.5. The van der Waals surface area contributed by atoms with Crippen molar-refractivity contribution in [2.24, 2.45) is 5.41 Å². The normalized spacial score (nSPS) is 20.4. The molecule has 2 rings (SSSR count). The van der Waals surface area contributed by atoms with Gasteiger partial charge in [-0.3, -0.25) is 9.59 Å². The summed E-state index contributed by atoms with van der Waals surface area (Å²) in [4.78, 5) is 24.8. The number of anilines is 1. The predicted octanol–water partition coefficient (Wildman–Crippen LogP) is 2.48. The first kappa shape index (κ1) is 16.3. The van der Waals surface area contributed by atoms with Crippen molar-refractivity contribution in [2.45, 2.75) is 32.1 Å². The van der Waals surface area contributed by atoms with Gasteiger partial charge in [0.1, 0.15) is 0 Å². The molecule has 1 N–H and O–H groups in total. The second-order valence-electron chi connectivity index (χ2n) is 6.16. The van der Waals surface area contributed by atoms with Crippen molar-refractivity contribution in [2.75, 3.05) is 25.6 Å². The lowest BCUT2D eigenvalue weighted by molar-refractivity contribution is -0.143. The zero-order valence-corrected chi connectivity index (χ0v) is 13.2. The molecule has 1 heterocycles. The fourth-order valence-corrected chi connectivity index (χ4v) is 3.45. The summed E-state index contributed by atoms with van der Waals surface area (Å²) in [7, 11) is 3.41. The maximum Gasteiger partial charge on any atom is 0.306 e. The Morgan fingerprint density at radius 3 is 2.77 bits per heavy atom. The van der Waals surface area contributed by atoms with Crippen LogP contribution in [0.25, 0.3) is 0 Å². The predicted molar refractivity (Wildman–Crippen MR) is 84.0 cm³/mol. The third-order valence-electron chi connectivity index (χ3n) is 4.39. The second kappa shape index (κ2) is 6.81. The summed E-state index contributed by atoms with van der Waals surface area (Å²) >= 11 is 0. The van der Waals surface area contributed by atoms with Crippen LogP contribution in [0.2, 0.25) is 0 Å². The summed E-state index contributed by atoms with van der Waals surface area (Å²) in [6.45, 7) is 0.735. The maximum atomic E-state index is 11.8. The topological polar surface area (TPSA) is 66.8 Å². The van der Waals surface area contributed by atoms with Gasteiger partial charge in [0.05, 0.1) is 13.5 Å². The molecule has 0 saturated carbocycles. The molecule has 1 aliphatic rings. The van der Waals surface area contributed by atoms with Gasteiger partial charge in [0, 0.05) is 31.1 Å². The Morgan fingerprint density at radius 1 is 1.36 bits per heavy atom. The Morgan fingerprint density at radius 2 is 2.09 bits per heavy atom. The first-order valence-electron chi connectivity index (χ1n) is 7.53. The number of hydrogen-bond donors (Lipinski definition) is 1. The number of ether oxygens (including phenoxy) is 1. The molecule has 1 atom stereocenters. The largest absolute Gasteiger partial charge is 0.481 e. The third-order valence-corrected chi connectivity index (χ3v) is 4.39. The summed E-state index contributed by atoms with van der Waals surface area (Å²) in [6, 6.07) is 8.16. The average Bonchev–Trinajstić information content (AvgIpc) is 2.46. The van der Waals surface area contributed by atoms with E-state index in [9.17, 15) is 9.59 Å². The number of carboxylic acid groups (broad SMARTS) is 1. The molecule has 0 aromatic heterocycles. The van der Waals surface area contributed by atoms with Crippen LogP contribution in [-0.2, 0) is 20.7 Å². The number of esters is 1. The van der Waals surface area contributed by atoms with E-state index >= 15 is 0 Å². The van der Waals surface area contributed by atoms with Gasteiger partial charge in [0.2, 0.25) is 0 Å². The molecule has 0 bridgehead atoms. The third kappa shape index (κ3) is 3.78. The molecule has 120 valence electrons. The number of fused-ring (bicyclic) bond motifs is 1. The van der Waals surface area contributed by atoms with E-state index in [1.54, 1.807) is 0 Å². The Labute approximate surface area is 130 Å². The van der Waals surface area contributed by atoms with E-state index in [1.807, 2.05) is 19.2 Å². The smallest absolute Gasteiger partial charge is 0.306 e. The van der Waals surface area contributed by atoms with Gasteiger partial charge in [-0.05, 0) is 30.9 Å². The second-order valence-corrected chi connectivity index (χ2v) is 6.16. The fraction of sp³-hybridized carbons (Fsp3) is 0.529. The lowest BCUT2D eigenvalue weighted by atomic mass is 9.72. The lowest BCUT2D eigenvalue weighted by Gasteiger charge is -2.43. The summed E-state index contributed by atoms with van der Waals surface area (Å²) in [5, 5.41) is 8.86. The van der Waals surface area contributed by atoms with Gasteiger partial charge in [-0.15, -0.1) is 0 Å². The van der Waals surface area contributed by atoms with Crippen molar-refractivity contribution in [1.29, 1.82) is 0 Å². The summed E-state index contributed by atoms with van der Waals surface area (Å²) in [6.07, 6.45) is 2.51. The molecule has 0 amide bonds. The standard InChI is InChI=1S/C17H23NO4/c1-18-12-17(11-16(21)22-2,9-5-8-15(19)20)10-13-6-3-4-7-14(13)18/h3-4,6-7H,5,8-12H2,1-2H3,(H,19,20). The van der Waals surface area contributed by atoms with Gasteiger partial charge >= 0.3 is 11.9 Å². The highest BCUT2D eigenvalue weighted by Gasteiger charge is 2.38. The van der Waals surface area contributed by atoms with Gasteiger partial charge in [0.25, 0.3) is 0 Å². The van der Waals surface area contributed by atoms with E-state index in [0.717, 1.165) is 13.0 Å². The maximum absolute atomic E-state index is 11.8. The molecule has 5 nitrogen and oxygen atoms in total. The van der Waals surface area contributed by atoms with E-state index in [0.29, 0.717) is 19.3 Å². The van der Waals surface area contributed by atoms with E-state index < -0.39 is 5.97 Å². The molecule has 0 aliphatic carbocycles. The van der Waals surface area contributed by atoms with E-state index in [4.69, 9.17) is 9.84 Å². The molecule has 0 saturated heterocycles. The van der Waals surface area contributed by atoms with Crippen LogP contribution in [0.3, 0.4) is 0 Å². The molecule has 0 fully saturated rings. The van der Waals surface area contributed by atoms with Gasteiger partial charge in [-0.2, -0.15) is 0 Å². The number of para-hydroxylation sites is 1. The summed E-state index contributed by atoms with van der Waals surface area (Å²) in [5.74, 6) is -1.03. The SMILES string of the molecule is COC(=O)CC1(CCCC(=O)O)Cc2ccccc2N(C)C1. The molecule has 0 spiro atoms. The number of aliphatic carboxylic acids is 1. The van der Waals surface area contributed by atoms with Gasteiger partial charge < -0.3 is 14.7 Å². The minimum absolute atomic E-state index is 0.133. The number of carbonyl (C=O) groups is 2. The van der Waals surface area contributed by atoms with Crippen LogP contribution in [0, 0.1) is 5.41 Å². The van der Waals surface area contributed by atoms with E-state index in [1.165, 1.54) is 18.4 Å². The van der Waals surface area contributed by atoms with Crippen molar-refractivity contribution in [1.82, 2.24) is 0 Å². The molecular formula is C17H23NO4. The van der Waals surface area contributed by atoms with Crippen LogP contribution < -0.4 is 4.90 Å². The van der Waals surface area contributed by atoms with Crippen LogP contribution >= 0.6 is 0 Å². The first-order valence-corrected chi connectivity index (χ1v) is 7.53. The number of nitrogens with zero attached hydrogens (tertiary/aromatic N) is 1. The molecule has 5 heteroatoms. The Balaban J connectivity index is 2.22. The van der Waals surface area contributed by atoms with Crippen LogP contribution in [0.1, 0.15) is 31.2 Å². The van der Waals surface area contributed by atoms with Crippen LogP contribution in [0.5, 0.6) is 0 Å². The minimum Gasteiger partial charge on any atom is -0.481 e. The van der Waals surface area contributed by atoms with Crippen molar-refractivity contribution in [3.8, 4) is 0 Å². The fourth-order valence-electron chi connectivity index (χ4n) is 3.45. The molecular weight excluding hydrogens is 282 g/mol. The van der Waals surface area contributed by atoms with Gasteiger partial charge in [-0.1, -0.05) is 18.2 Å². The van der Waals surface area contributed by atoms with Crippen LogP contribution in [0.15, 0.2) is 24.3 Å². The van der Waals surface area contributed by atoms with Crippen molar-refractivity contribution < 1.29 is 19.4 Å². The van der Waals surface area contributed by atoms with Gasteiger partial charge in [-0.25, -0.2) is 0 Å². The van der Waals surface area contributed by atoms with E-state index in [-0.39, 0.29) is 17.8 Å². The number of carbonyl (C=O) groups excluding carboxylic acids is 1. The Hall–Kier alpha value is -2.04. The Kier molecular flexibility index (Phi) is 5.06. The number of methoxy groups -OCH3 is 1. The minimum atomic E-state index is -0.794. The number of hydrogen-bond acceptors (Lipinski definition) is 4. The zero-order valence-electron chi connectivity index (χ0n) is 13.2. The monoisotopic (exact) mass is 305 g/mol. The molecule has 0 radical (unpaired) electrons. The Bertz CT molecular complexity index is 557. The molecule has 1 aliphatic heterocycles. The summed E-state index contributed by atoms with van der Waals surface area (Å²) < 4.78 is 4.85. The summed E-state index contributed by atoms with van der Waals surface area (Å²) in [5.41, 5.74) is 2.13. The van der Waals surface area contributed by atoms with Crippen molar-refractivity contribution >= 4 is 17.6 Å². The highest BCUT2D eigenvalue weighted by Crippen LogP contribution is 2.41. The molecule has 1 aromatic rings. The molecule has 22 heavy (non-hydrogen) atoms. The first-order chi connectivity index (χ1) is 10.5. The lowest BCUT2D eigenvalue weighted by Crippen LogP contribution is -2.43. The zero-order chi connectivity index (χ0) is 16.2. The van der Waals surface area contributed by atoms with Crippen LogP contribution in [0.4, 0.5) is 5.69 Å². The average molecular weight is 305 g/mol. The van der Waals surface area contributed by atoms with E-state index in [2.05, 4.69) is 17.0 Å².